The fourth-order valence-corrected chi connectivity index (χ4v) is 4.52. The predicted octanol–water partition coefficient (Wildman–Crippen LogP) is 4.24. The molecule has 2 heterocycles. The van der Waals surface area contributed by atoms with Crippen molar-refractivity contribution in [2.24, 2.45) is 0 Å². The molecule has 0 aliphatic rings. The molecule has 25 heavy (non-hydrogen) atoms. The molecular formula is C19H18N2O2S2. The van der Waals surface area contributed by atoms with E-state index in [9.17, 15) is 9.59 Å². The van der Waals surface area contributed by atoms with E-state index in [1.807, 2.05) is 32.0 Å². The molecule has 0 N–H and O–H groups in total. The van der Waals surface area contributed by atoms with Gasteiger partial charge in [-0.25, -0.2) is 4.98 Å². The molecule has 0 radical (unpaired) electrons. The van der Waals surface area contributed by atoms with Crippen LogP contribution >= 0.6 is 23.1 Å². The molecule has 0 spiro atoms. The number of hydrogen-bond acceptors (Lipinski definition) is 5. The molecule has 1 aromatic carbocycles. The van der Waals surface area contributed by atoms with Crippen molar-refractivity contribution in [2.75, 3.05) is 5.75 Å². The smallest absolute Gasteiger partial charge is 0.263 e. The van der Waals surface area contributed by atoms with Crippen LogP contribution in [0.25, 0.3) is 10.2 Å². The van der Waals surface area contributed by atoms with Gasteiger partial charge < -0.3 is 0 Å². The number of carbonyl (C=O) groups excluding carboxylic acids is 1. The lowest BCUT2D eigenvalue weighted by atomic mass is 10.2. The first-order valence-corrected chi connectivity index (χ1v) is 9.65. The van der Waals surface area contributed by atoms with Crippen LogP contribution in [0.4, 0.5) is 0 Å². The summed E-state index contributed by atoms with van der Waals surface area (Å²) in [5.74, 6) is 0.256. The Morgan fingerprint density at radius 1 is 1.32 bits per heavy atom. The maximum absolute atomic E-state index is 12.9. The number of rotatable bonds is 6. The van der Waals surface area contributed by atoms with Crippen LogP contribution in [-0.4, -0.2) is 21.1 Å². The fraction of sp³-hybridized carbons (Fsp3) is 0.211. The summed E-state index contributed by atoms with van der Waals surface area (Å²) in [7, 11) is 0. The highest BCUT2D eigenvalue weighted by molar-refractivity contribution is 7.99. The van der Waals surface area contributed by atoms with Crippen LogP contribution in [0.1, 0.15) is 20.8 Å². The molecule has 0 fully saturated rings. The summed E-state index contributed by atoms with van der Waals surface area (Å²) < 4.78 is 1.59. The van der Waals surface area contributed by atoms with E-state index in [1.54, 1.807) is 22.8 Å². The van der Waals surface area contributed by atoms with E-state index in [4.69, 9.17) is 0 Å². The third-order valence-corrected chi connectivity index (χ3v) is 6.07. The van der Waals surface area contributed by atoms with Crippen LogP contribution in [0.2, 0.25) is 0 Å². The molecule has 3 rings (SSSR count). The monoisotopic (exact) mass is 370 g/mol. The number of Topliss-reactive ketones (excluding diaryl/α,β-unsaturated/α-hetero) is 1. The van der Waals surface area contributed by atoms with E-state index in [2.05, 4.69) is 11.6 Å². The molecule has 0 unspecified atom stereocenters. The highest BCUT2D eigenvalue weighted by Gasteiger charge is 2.17. The van der Waals surface area contributed by atoms with Crippen molar-refractivity contribution in [2.45, 2.75) is 25.5 Å². The van der Waals surface area contributed by atoms with Crippen LogP contribution in [0.15, 0.2) is 52.9 Å². The lowest BCUT2D eigenvalue weighted by molar-refractivity contribution is 0.102. The Balaban J connectivity index is 1.97. The summed E-state index contributed by atoms with van der Waals surface area (Å²) in [5.41, 5.74) is 1.57. The number of thiophene rings is 1. The second-order valence-corrected chi connectivity index (χ2v) is 7.79. The summed E-state index contributed by atoms with van der Waals surface area (Å²) in [6.45, 7) is 8.04. The summed E-state index contributed by atoms with van der Waals surface area (Å²) in [5, 5.41) is 1.23. The number of aromatic nitrogens is 2. The minimum absolute atomic E-state index is 0.0173. The van der Waals surface area contributed by atoms with Gasteiger partial charge >= 0.3 is 0 Å². The number of thioether (sulfide) groups is 1. The van der Waals surface area contributed by atoms with E-state index in [1.165, 1.54) is 23.1 Å². The molecule has 0 bridgehead atoms. The molecule has 6 heteroatoms. The number of nitrogens with zero attached hydrogens (tertiary/aromatic N) is 2. The van der Waals surface area contributed by atoms with Crippen molar-refractivity contribution in [1.29, 1.82) is 0 Å². The third kappa shape index (κ3) is 3.45. The van der Waals surface area contributed by atoms with Crippen LogP contribution in [-0.2, 0) is 6.54 Å². The summed E-state index contributed by atoms with van der Waals surface area (Å²) in [4.78, 5) is 31.7. The summed E-state index contributed by atoms with van der Waals surface area (Å²) >= 11 is 2.81. The lowest BCUT2D eigenvalue weighted by Crippen LogP contribution is -2.23. The van der Waals surface area contributed by atoms with Crippen molar-refractivity contribution in [1.82, 2.24) is 9.55 Å². The highest BCUT2D eigenvalue weighted by atomic mass is 32.2. The topological polar surface area (TPSA) is 52.0 Å². The molecule has 0 saturated heterocycles. The average molecular weight is 370 g/mol. The van der Waals surface area contributed by atoms with Gasteiger partial charge in [-0.15, -0.1) is 17.9 Å². The van der Waals surface area contributed by atoms with Gasteiger partial charge in [-0.1, -0.05) is 48.2 Å². The zero-order chi connectivity index (χ0) is 18.0. The first-order chi connectivity index (χ1) is 12.0. The molecule has 3 aromatic rings. The largest absolute Gasteiger partial charge is 0.293 e. The lowest BCUT2D eigenvalue weighted by Gasteiger charge is -2.10. The fourth-order valence-electron chi connectivity index (χ4n) is 2.55. The first-order valence-electron chi connectivity index (χ1n) is 7.85. The zero-order valence-electron chi connectivity index (χ0n) is 14.1. The second kappa shape index (κ2) is 7.37. The average Bonchev–Trinajstić information content (AvgIpc) is 2.90. The predicted molar refractivity (Wildman–Crippen MR) is 105 cm³/mol. The SMILES string of the molecule is C=CCn1c(SCC(=O)c2ccccc2)nc2sc(C)c(C)c2c1=O. The molecule has 4 nitrogen and oxygen atoms in total. The molecule has 0 aliphatic heterocycles. The van der Waals surface area contributed by atoms with Crippen LogP contribution in [0, 0.1) is 13.8 Å². The van der Waals surface area contributed by atoms with Crippen molar-refractivity contribution in [3.63, 3.8) is 0 Å². The Hall–Kier alpha value is -2.18. The van der Waals surface area contributed by atoms with Crippen LogP contribution in [0.3, 0.4) is 0 Å². The Labute approximate surface area is 154 Å². The third-order valence-electron chi connectivity index (χ3n) is 3.99. The van der Waals surface area contributed by atoms with Crippen LogP contribution in [0.5, 0.6) is 0 Å². The van der Waals surface area contributed by atoms with Crippen molar-refractivity contribution in [3.8, 4) is 0 Å². The standard InChI is InChI=1S/C19H18N2O2S2/c1-4-10-21-18(23)16-12(2)13(3)25-17(16)20-19(21)24-11-15(22)14-8-6-5-7-9-14/h4-9H,1,10-11H2,2-3H3. The van der Waals surface area contributed by atoms with E-state index in [0.717, 1.165) is 15.3 Å². The minimum Gasteiger partial charge on any atom is -0.293 e. The molecule has 0 atom stereocenters. The van der Waals surface area contributed by atoms with Gasteiger partial charge in [0, 0.05) is 17.0 Å². The number of ketones is 1. The molecule has 0 aliphatic carbocycles. The van der Waals surface area contributed by atoms with E-state index in [0.29, 0.717) is 22.7 Å². The zero-order valence-corrected chi connectivity index (χ0v) is 15.7. The quantitative estimate of drug-likeness (QED) is 0.282. The summed E-state index contributed by atoms with van der Waals surface area (Å²) in [6, 6.07) is 9.15. The maximum atomic E-state index is 12.9. The van der Waals surface area contributed by atoms with Gasteiger partial charge in [0.2, 0.25) is 0 Å². The molecule has 0 amide bonds. The van der Waals surface area contributed by atoms with Gasteiger partial charge in [-0.05, 0) is 19.4 Å². The molecular weight excluding hydrogens is 352 g/mol. The van der Waals surface area contributed by atoms with Gasteiger partial charge in [0.15, 0.2) is 10.9 Å². The molecule has 2 aromatic heterocycles. The van der Waals surface area contributed by atoms with Gasteiger partial charge in [0.05, 0.1) is 11.1 Å². The number of hydrogen-bond donors (Lipinski definition) is 0. The number of benzene rings is 1. The Morgan fingerprint density at radius 3 is 2.72 bits per heavy atom. The molecule has 128 valence electrons. The van der Waals surface area contributed by atoms with Gasteiger partial charge in [0.1, 0.15) is 4.83 Å². The Bertz CT molecular complexity index is 1000. The minimum atomic E-state index is -0.0681. The van der Waals surface area contributed by atoms with Crippen molar-refractivity contribution in [3.05, 3.63) is 69.3 Å². The Morgan fingerprint density at radius 2 is 2.04 bits per heavy atom. The van der Waals surface area contributed by atoms with Gasteiger partial charge in [0.25, 0.3) is 5.56 Å². The number of allylic oxidation sites excluding steroid dienone is 1. The van der Waals surface area contributed by atoms with E-state index < -0.39 is 0 Å². The summed E-state index contributed by atoms with van der Waals surface area (Å²) in [6.07, 6.45) is 1.67. The first kappa shape index (κ1) is 17.6. The maximum Gasteiger partial charge on any atom is 0.263 e. The van der Waals surface area contributed by atoms with Crippen LogP contribution < -0.4 is 5.56 Å². The van der Waals surface area contributed by atoms with Gasteiger partial charge in [-0.3, -0.25) is 14.2 Å². The number of carbonyl (C=O) groups is 1. The normalized spacial score (nSPS) is 11.0. The molecule has 0 saturated carbocycles. The second-order valence-electron chi connectivity index (χ2n) is 5.64. The van der Waals surface area contributed by atoms with E-state index in [-0.39, 0.29) is 17.1 Å². The number of fused-ring (bicyclic) bond motifs is 1. The highest BCUT2D eigenvalue weighted by Crippen LogP contribution is 2.28. The van der Waals surface area contributed by atoms with Gasteiger partial charge in [-0.2, -0.15) is 0 Å². The van der Waals surface area contributed by atoms with Crippen molar-refractivity contribution < 1.29 is 4.79 Å². The number of aryl methyl sites for hydroxylation is 2. The van der Waals surface area contributed by atoms with E-state index >= 15 is 0 Å². The van der Waals surface area contributed by atoms with Crippen molar-refractivity contribution >= 4 is 39.1 Å². The Kier molecular flexibility index (Phi) is 5.20.